The average molecular weight is 359 g/mol. The van der Waals surface area contributed by atoms with Gasteiger partial charge in [0, 0.05) is 6.54 Å². The van der Waals surface area contributed by atoms with Crippen molar-refractivity contribution < 1.29 is 24.5 Å². The molecular formula is C18H21N3O5. The molecule has 2 aromatic rings. The molecule has 2 unspecified atom stereocenters. The van der Waals surface area contributed by atoms with Gasteiger partial charge in [0.05, 0.1) is 11.8 Å². The lowest BCUT2D eigenvalue weighted by molar-refractivity contribution is 0.0110. The van der Waals surface area contributed by atoms with Gasteiger partial charge >= 0.3 is 6.09 Å². The third kappa shape index (κ3) is 5.83. The number of aliphatic hydroxyl groups excluding tert-OH is 2. The predicted octanol–water partition coefficient (Wildman–Crippen LogP) is 0.891. The molecule has 8 heteroatoms. The van der Waals surface area contributed by atoms with Crippen LogP contribution in [0.2, 0.25) is 0 Å². The van der Waals surface area contributed by atoms with Crippen LogP contribution < -0.4 is 11.1 Å². The highest BCUT2D eigenvalue weighted by Crippen LogP contribution is 2.17. The number of carbonyl (C=O) groups excluding carboxylic acids is 2. The summed E-state index contributed by atoms with van der Waals surface area (Å²) in [6.45, 7) is 0.239. The normalized spacial score (nSPS) is 12.8. The number of hydrogen-bond donors (Lipinski definition) is 4. The lowest BCUT2D eigenvalue weighted by atomic mass is 10.1. The SMILES string of the molecule is NC(=O)c1cccc(C(O)C(O)CCNC(=O)OCc2ccccc2)n1. The van der Waals surface area contributed by atoms with E-state index in [1.54, 1.807) is 0 Å². The van der Waals surface area contributed by atoms with Crippen LogP contribution in [0.5, 0.6) is 0 Å². The number of ether oxygens (including phenoxy) is 1. The Kier molecular flexibility index (Phi) is 7.07. The van der Waals surface area contributed by atoms with E-state index in [2.05, 4.69) is 10.3 Å². The summed E-state index contributed by atoms with van der Waals surface area (Å²) in [5.41, 5.74) is 6.12. The van der Waals surface area contributed by atoms with Gasteiger partial charge in [-0.15, -0.1) is 0 Å². The van der Waals surface area contributed by atoms with Crippen LogP contribution in [0.3, 0.4) is 0 Å². The van der Waals surface area contributed by atoms with Gasteiger partial charge in [-0.05, 0) is 24.1 Å². The summed E-state index contributed by atoms with van der Waals surface area (Å²) < 4.78 is 5.04. The van der Waals surface area contributed by atoms with E-state index in [1.165, 1.54) is 18.2 Å². The number of nitrogens with one attached hydrogen (secondary N) is 1. The average Bonchev–Trinajstić information content (AvgIpc) is 2.66. The number of alkyl carbamates (subject to hydrolysis) is 1. The third-order valence-electron chi connectivity index (χ3n) is 3.61. The summed E-state index contributed by atoms with van der Waals surface area (Å²) in [5, 5.41) is 22.6. The molecule has 8 nitrogen and oxygen atoms in total. The molecule has 0 saturated carbocycles. The topological polar surface area (TPSA) is 135 Å². The number of nitrogens with zero attached hydrogens (tertiary/aromatic N) is 1. The molecule has 0 fully saturated rings. The van der Waals surface area contributed by atoms with Gasteiger partial charge in [-0.2, -0.15) is 0 Å². The van der Waals surface area contributed by atoms with Crippen LogP contribution in [-0.4, -0.2) is 39.8 Å². The number of amides is 2. The van der Waals surface area contributed by atoms with Crippen molar-refractivity contribution in [2.24, 2.45) is 5.73 Å². The van der Waals surface area contributed by atoms with Gasteiger partial charge < -0.3 is 26.0 Å². The van der Waals surface area contributed by atoms with Gasteiger partial charge in [0.15, 0.2) is 0 Å². The van der Waals surface area contributed by atoms with Crippen LogP contribution in [0.15, 0.2) is 48.5 Å². The summed E-state index contributed by atoms with van der Waals surface area (Å²) in [4.78, 5) is 26.6. The Balaban J connectivity index is 1.75. The first-order valence-electron chi connectivity index (χ1n) is 8.05. The molecule has 1 aromatic carbocycles. The molecule has 5 N–H and O–H groups in total. The van der Waals surface area contributed by atoms with Crippen LogP contribution in [0.4, 0.5) is 4.79 Å². The van der Waals surface area contributed by atoms with Crippen molar-refractivity contribution in [2.45, 2.75) is 25.2 Å². The van der Waals surface area contributed by atoms with Crippen LogP contribution in [0.25, 0.3) is 0 Å². The van der Waals surface area contributed by atoms with E-state index in [0.29, 0.717) is 0 Å². The van der Waals surface area contributed by atoms with Crippen molar-refractivity contribution in [1.82, 2.24) is 10.3 Å². The smallest absolute Gasteiger partial charge is 0.407 e. The second-order valence-corrected chi connectivity index (χ2v) is 5.60. The van der Waals surface area contributed by atoms with Crippen molar-refractivity contribution in [1.29, 1.82) is 0 Å². The fraction of sp³-hybridized carbons (Fsp3) is 0.278. The predicted molar refractivity (Wildman–Crippen MR) is 93.0 cm³/mol. The number of primary amides is 1. The summed E-state index contributed by atoms with van der Waals surface area (Å²) in [7, 11) is 0. The van der Waals surface area contributed by atoms with Gasteiger partial charge in [-0.25, -0.2) is 9.78 Å². The van der Waals surface area contributed by atoms with E-state index in [9.17, 15) is 19.8 Å². The minimum absolute atomic E-state index is 0.00337. The summed E-state index contributed by atoms with van der Waals surface area (Å²) in [6.07, 6.45) is -3.04. The summed E-state index contributed by atoms with van der Waals surface area (Å²) in [5.74, 6) is -0.726. The van der Waals surface area contributed by atoms with E-state index in [-0.39, 0.29) is 31.0 Å². The van der Waals surface area contributed by atoms with Crippen molar-refractivity contribution >= 4 is 12.0 Å². The molecule has 0 spiro atoms. The van der Waals surface area contributed by atoms with E-state index >= 15 is 0 Å². The quantitative estimate of drug-likeness (QED) is 0.553. The van der Waals surface area contributed by atoms with Crippen molar-refractivity contribution in [2.75, 3.05) is 6.54 Å². The molecule has 0 aliphatic rings. The Hall–Kier alpha value is -2.97. The van der Waals surface area contributed by atoms with Gasteiger partial charge in [0.2, 0.25) is 0 Å². The minimum atomic E-state index is -1.31. The Labute approximate surface area is 150 Å². The zero-order valence-corrected chi connectivity index (χ0v) is 14.0. The summed E-state index contributed by atoms with van der Waals surface area (Å²) >= 11 is 0. The number of rotatable bonds is 8. The molecule has 0 aliphatic heterocycles. The molecule has 1 aromatic heterocycles. The molecule has 0 aliphatic carbocycles. The van der Waals surface area contributed by atoms with Gasteiger partial charge in [0.25, 0.3) is 5.91 Å². The zero-order valence-electron chi connectivity index (χ0n) is 14.0. The van der Waals surface area contributed by atoms with Crippen LogP contribution in [0, 0.1) is 0 Å². The Morgan fingerprint density at radius 2 is 1.85 bits per heavy atom. The molecule has 0 bridgehead atoms. The standard InChI is InChI=1S/C18H21N3O5/c19-17(24)14-8-4-7-13(21-14)16(23)15(22)9-10-20-18(25)26-11-12-5-2-1-3-6-12/h1-8,15-16,22-23H,9-11H2,(H2,19,24)(H,20,25). The molecule has 2 atom stereocenters. The Morgan fingerprint density at radius 1 is 1.12 bits per heavy atom. The molecule has 0 radical (unpaired) electrons. The lowest BCUT2D eigenvalue weighted by Gasteiger charge is -2.18. The maximum Gasteiger partial charge on any atom is 0.407 e. The molecule has 138 valence electrons. The van der Waals surface area contributed by atoms with Crippen molar-refractivity contribution in [3.8, 4) is 0 Å². The van der Waals surface area contributed by atoms with E-state index < -0.39 is 24.2 Å². The number of aliphatic hydroxyl groups is 2. The zero-order chi connectivity index (χ0) is 18.9. The van der Waals surface area contributed by atoms with E-state index in [4.69, 9.17) is 10.5 Å². The highest BCUT2D eigenvalue weighted by Gasteiger charge is 2.20. The maximum absolute atomic E-state index is 11.6. The fourth-order valence-corrected chi connectivity index (χ4v) is 2.20. The van der Waals surface area contributed by atoms with Crippen LogP contribution >= 0.6 is 0 Å². The summed E-state index contributed by atoms with van der Waals surface area (Å²) in [6, 6.07) is 13.6. The molecule has 0 saturated heterocycles. The Bertz CT molecular complexity index is 739. The number of nitrogens with two attached hydrogens (primary N) is 1. The van der Waals surface area contributed by atoms with E-state index in [1.807, 2.05) is 30.3 Å². The second kappa shape index (κ2) is 9.50. The Morgan fingerprint density at radius 3 is 2.54 bits per heavy atom. The highest BCUT2D eigenvalue weighted by molar-refractivity contribution is 5.90. The number of hydrogen-bond acceptors (Lipinski definition) is 6. The molecule has 2 amide bonds. The minimum Gasteiger partial charge on any atom is -0.445 e. The number of aromatic nitrogens is 1. The van der Waals surface area contributed by atoms with Crippen molar-refractivity contribution in [3.63, 3.8) is 0 Å². The highest BCUT2D eigenvalue weighted by atomic mass is 16.5. The van der Waals surface area contributed by atoms with Gasteiger partial charge in [-0.1, -0.05) is 36.4 Å². The third-order valence-corrected chi connectivity index (χ3v) is 3.61. The monoisotopic (exact) mass is 359 g/mol. The van der Waals surface area contributed by atoms with Gasteiger partial charge in [-0.3, -0.25) is 4.79 Å². The molecule has 26 heavy (non-hydrogen) atoms. The maximum atomic E-state index is 11.6. The number of carbonyl (C=O) groups is 2. The molecular weight excluding hydrogens is 338 g/mol. The lowest BCUT2D eigenvalue weighted by Crippen LogP contribution is -2.30. The fourth-order valence-electron chi connectivity index (χ4n) is 2.20. The second-order valence-electron chi connectivity index (χ2n) is 5.60. The van der Waals surface area contributed by atoms with Crippen LogP contribution in [-0.2, 0) is 11.3 Å². The van der Waals surface area contributed by atoms with Gasteiger partial charge in [0.1, 0.15) is 18.4 Å². The number of pyridine rings is 1. The van der Waals surface area contributed by atoms with E-state index in [0.717, 1.165) is 5.56 Å². The first-order valence-corrected chi connectivity index (χ1v) is 8.05. The van der Waals surface area contributed by atoms with Crippen LogP contribution in [0.1, 0.15) is 34.3 Å². The number of benzene rings is 1. The first kappa shape index (κ1) is 19.4. The largest absolute Gasteiger partial charge is 0.445 e. The van der Waals surface area contributed by atoms with Crippen molar-refractivity contribution in [3.05, 3.63) is 65.5 Å². The first-order chi connectivity index (χ1) is 12.5. The molecule has 2 rings (SSSR count). The molecule has 1 heterocycles.